The Morgan fingerprint density at radius 2 is 1.72 bits per heavy atom. The fraction of sp³-hybridized carbons (Fsp3) is 0.500. The first-order chi connectivity index (χ1) is 8.39. The van der Waals surface area contributed by atoms with E-state index in [1.807, 2.05) is 13.8 Å². The Labute approximate surface area is 108 Å². The van der Waals surface area contributed by atoms with Crippen LogP contribution in [0, 0.1) is 0 Å². The van der Waals surface area contributed by atoms with Crippen molar-refractivity contribution in [3.05, 3.63) is 24.3 Å². The summed E-state index contributed by atoms with van der Waals surface area (Å²) in [4.78, 5) is 0.149. The van der Waals surface area contributed by atoms with Gasteiger partial charge in [-0.05, 0) is 37.1 Å². The summed E-state index contributed by atoms with van der Waals surface area (Å²) in [6.45, 7) is 3.45. The van der Waals surface area contributed by atoms with Crippen LogP contribution in [0.5, 0.6) is 0 Å². The molecule has 4 N–H and O–H groups in total. The third-order valence-corrected chi connectivity index (χ3v) is 4.79. The second kappa shape index (κ2) is 5.69. The molecule has 5 nitrogen and oxygen atoms in total. The van der Waals surface area contributed by atoms with E-state index in [2.05, 4.69) is 4.72 Å². The molecule has 0 spiro atoms. The monoisotopic (exact) mass is 272 g/mol. The Balaban J connectivity index is 3.04. The molecule has 0 saturated carbocycles. The van der Waals surface area contributed by atoms with Gasteiger partial charge in [0.05, 0.1) is 17.0 Å². The number of nitrogen functional groups attached to an aromatic ring is 1. The highest BCUT2D eigenvalue weighted by Crippen LogP contribution is 2.19. The molecule has 0 heterocycles. The Hall–Kier alpha value is -1.11. The summed E-state index contributed by atoms with van der Waals surface area (Å²) < 4.78 is 26.9. The minimum Gasteiger partial charge on any atom is -0.399 e. The highest BCUT2D eigenvalue weighted by atomic mass is 32.2. The molecule has 0 fully saturated rings. The molecule has 0 amide bonds. The molecule has 0 saturated heterocycles. The van der Waals surface area contributed by atoms with Crippen molar-refractivity contribution in [2.24, 2.45) is 0 Å². The molecule has 102 valence electrons. The van der Waals surface area contributed by atoms with Gasteiger partial charge < -0.3 is 10.8 Å². The summed E-state index contributed by atoms with van der Waals surface area (Å²) in [5, 5.41) is 9.38. The van der Waals surface area contributed by atoms with Crippen molar-refractivity contribution in [1.82, 2.24) is 4.72 Å². The molecule has 18 heavy (non-hydrogen) atoms. The van der Waals surface area contributed by atoms with E-state index in [0.29, 0.717) is 18.5 Å². The van der Waals surface area contributed by atoms with E-state index in [0.717, 1.165) is 0 Å². The third-order valence-electron chi connectivity index (χ3n) is 3.20. The molecule has 0 radical (unpaired) electrons. The second-order valence-corrected chi connectivity index (χ2v) is 6.00. The number of benzene rings is 1. The van der Waals surface area contributed by atoms with E-state index in [1.165, 1.54) is 24.3 Å². The van der Waals surface area contributed by atoms with Crippen molar-refractivity contribution in [2.75, 3.05) is 12.3 Å². The lowest BCUT2D eigenvalue weighted by atomic mass is 9.96. The third kappa shape index (κ3) is 3.22. The number of hydrogen-bond donors (Lipinski definition) is 3. The van der Waals surface area contributed by atoms with Crippen LogP contribution in [0.3, 0.4) is 0 Å². The zero-order chi connectivity index (χ0) is 13.8. The molecule has 0 aliphatic carbocycles. The summed E-state index contributed by atoms with van der Waals surface area (Å²) in [7, 11) is -3.64. The molecule has 0 bridgehead atoms. The van der Waals surface area contributed by atoms with Crippen molar-refractivity contribution >= 4 is 15.7 Å². The van der Waals surface area contributed by atoms with Gasteiger partial charge in [0.25, 0.3) is 0 Å². The van der Waals surface area contributed by atoms with Crippen LogP contribution >= 0.6 is 0 Å². The number of aliphatic hydroxyl groups is 1. The van der Waals surface area contributed by atoms with Gasteiger partial charge in [0.15, 0.2) is 0 Å². The molecular weight excluding hydrogens is 252 g/mol. The minimum atomic E-state index is -3.64. The SMILES string of the molecule is CCC(CC)(CO)NS(=O)(=O)c1ccc(N)cc1. The number of anilines is 1. The molecule has 0 aliphatic rings. The van der Waals surface area contributed by atoms with Gasteiger partial charge in [-0.15, -0.1) is 0 Å². The lowest BCUT2D eigenvalue weighted by molar-refractivity contribution is 0.172. The van der Waals surface area contributed by atoms with Crippen molar-refractivity contribution in [3.63, 3.8) is 0 Å². The molecule has 1 aromatic carbocycles. The molecule has 1 aromatic rings. The summed E-state index contributed by atoms with van der Waals surface area (Å²) in [5.41, 5.74) is 5.22. The minimum absolute atomic E-state index is 0.149. The maximum absolute atomic E-state index is 12.2. The van der Waals surface area contributed by atoms with Crippen LogP contribution in [-0.2, 0) is 10.0 Å². The number of nitrogens with two attached hydrogens (primary N) is 1. The van der Waals surface area contributed by atoms with Crippen LogP contribution in [0.4, 0.5) is 5.69 Å². The van der Waals surface area contributed by atoms with Gasteiger partial charge in [-0.1, -0.05) is 13.8 Å². The van der Waals surface area contributed by atoms with Crippen LogP contribution in [0.15, 0.2) is 29.2 Å². The van der Waals surface area contributed by atoms with E-state index in [4.69, 9.17) is 5.73 Å². The fourth-order valence-electron chi connectivity index (χ4n) is 1.64. The van der Waals surface area contributed by atoms with Gasteiger partial charge in [0, 0.05) is 5.69 Å². The van der Waals surface area contributed by atoms with Gasteiger partial charge in [-0.25, -0.2) is 13.1 Å². The molecule has 0 atom stereocenters. The summed E-state index contributed by atoms with van der Waals surface area (Å²) in [5.74, 6) is 0. The lowest BCUT2D eigenvalue weighted by Gasteiger charge is -2.30. The normalized spacial score (nSPS) is 12.6. The van der Waals surface area contributed by atoms with Crippen LogP contribution in [0.1, 0.15) is 26.7 Å². The average molecular weight is 272 g/mol. The summed E-state index contributed by atoms with van der Waals surface area (Å²) in [6, 6.07) is 5.97. The van der Waals surface area contributed by atoms with E-state index in [9.17, 15) is 13.5 Å². The maximum atomic E-state index is 12.2. The maximum Gasteiger partial charge on any atom is 0.241 e. The summed E-state index contributed by atoms with van der Waals surface area (Å²) in [6.07, 6.45) is 1.04. The number of sulfonamides is 1. The van der Waals surface area contributed by atoms with Crippen molar-refractivity contribution in [1.29, 1.82) is 0 Å². The summed E-state index contributed by atoms with van der Waals surface area (Å²) >= 11 is 0. The second-order valence-electron chi connectivity index (χ2n) is 4.32. The lowest BCUT2D eigenvalue weighted by Crippen LogP contribution is -2.50. The topological polar surface area (TPSA) is 92.4 Å². The predicted molar refractivity (Wildman–Crippen MR) is 71.6 cm³/mol. The number of aliphatic hydroxyl groups excluding tert-OH is 1. The van der Waals surface area contributed by atoms with E-state index in [-0.39, 0.29) is 11.5 Å². The largest absolute Gasteiger partial charge is 0.399 e. The van der Waals surface area contributed by atoms with Crippen LogP contribution in [-0.4, -0.2) is 25.7 Å². The van der Waals surface area contributed by atoms with Crippen molar-refractivity contribution in [2.45, 2.75) is 37.1 Å². The molecule has 0 aliphatic heterocycles. The van der Waals surface area contributed by atoms with Gasteiger partial charge in [-0.2, -0.15) is 0 Å². The number of hydrogen-bond acceptors (Lipinski definition) is 4. The Bertz CT molecular complexity index is 470. The van der Waals surface area contributed by atoms with Crippen molar-refractivity contribution < 1.29 is 13.5 Å². The highest BCUT2D eigenvalue weighted by molar-refractivity contribution is 7.89. The Kier molecular flexibility index (Phi) is 4.72. The first-order valence-corrected chi connectivity index (χ1v) is 7.38. The Morgan fingerprint density at radius 1 is 1.22 bits per heavy atom. The zero-order valence-corrected chi connectivity index (χ0v) is 11.5. The molecule has 0 aromatic heterocycles. The van der Waals surface area contributed by atoms with Gasteiger partial charge in [0.2, 0.25) is 10.0 Å². The number of nitrogens with one attached hydrogen (secondary N) is 1. The van der Waals surface area contributed by atoms with Crippen LogP contribution in [0.2, 0.25) is 0 Å². The van der Waals surface area contributed by atoms with Crippen LogP contribution in [0.25, 0.3) is 0 Å². The smallest absolute Gasteiger partial charge is 0.241 e. The average Bonchev–Trinajstić information content (AvgIpc) is 2.37. The Morgan fingerprint density at radius 3 is 2.11 bits per heavy atom. The predicted octanol–water partition coefficient (Wildman–Crippen LogP) is 1.10. The fourth-order valence-corrected chi connectivity index (χ4v) is 3.18. The highest BCUT2D eigenvalue weighted by Gasteiger charge is 2.31. The zero-order valence-electron chi connectivity index (χ0n) is 10.7. The van der Waals surface area contributed by atoms with Gasteiger partial charge in [0.1, 0.15) is 0 Å². The molecule has 1 rings (SSSR count). The van der Waals surface area contributed by atoms with E-state index in [1.54, 1.807) is 0 Å². The van der Waals surface area contributed by atoms with Crippen molar-refractivity contribution in [3.8, 4) is 0 Å². The van der Waals surface area contributed by atoms with Gasteiger partial charge in [-0.3, -0.25) is 0 Å². The molecule has 0 unspecified atom stereocenters. The standard InChI is InChI=1S/C12H20N2O3S/c1-3-12(4-2,9-15)14-18(16,17)11-7-5-10(13)6-8-11/h5-8,14-15H,3-4,9,13H2,1-2H3. The quantitative estimate of drug-likeness (QED) is 0.676. The van der Waals surface area contributed by atoms with Gasteiger partial charge >= 0.3 is 0 Å². The van der Waals surface area contributed by atoms with E-state index < -0.39 is 15.6 Å². The molecule has 6 heteroatoms. The molecular formula is C12H20N2O3S. The first kappa shape index (κ1) is 14.9. The van der Waals surface area contributed by atoms with E-state index >= 15 is 0 Å². The first-order valence-electron chi connectivity index (χ1n) is 5.89. The number of rotatable bonds is 6. The van der Waals surface area contributed by atoms with Crippen LogP contribution < -0.4 is 10.5 Å².